The van der Waals surface area contributed by atoms with Gasteiger partial charge in [0.25, 0.3) is 0 Å². The number of hydrogen-bond donors (Lipinski definition) is 2. The van der Waals surface area contributed by atoms with E-state index in [1.54, 1.807) is 0 Å². The van der Waals surface area contributed by atoms with E-state index in [4.69, 9.17) is 23.2 Å². The van der Waals surface area contributed by atoms with Gasteiger partial charge in [0, 0.05) is 34.0 Å². The van der Waals surface area contributed by atoms with E-state index in [0.717, 1.165) is 16.8 Å². The van der Waals surface area contributed by atoms with E-state index in [-0.39, 0.29) is 23.9 Å². The molecule has 126 valence electrons. The summed E-state index contributed by atoms with van der Waals surface area (Å²) in [4.78, 5) is 0. The highest BCUT2D eigenvalue weighted by molar-refractivity contribution is 6.30. The van der Waals surface area contributed by atoms with Crippen molar-refractivity contribution in [2.24, 2.45) is 17.0 Å². The van der Waals surface area contributed by atoms with Gasteiger partial charge in [-0.3, -0.25) is 0 Å². The molecular weight excluding hydrogens is 343 g/mol. The molecule has 5 heteroatoms. The summed E-state index contributed by atoms with van der Waals surface area (Å²) >= 11 is 12.0. The average Bonchev–Trinajstić information content (AvgIpc) is 2.58. The van der Waals surface area contributed by atoms with Crippen LogP contribution >= 0.6 is 23.2 Å². The SMILES string of the molecule is C[C@H]1C(=NO)[C@H](C)[C@@H](c2ccc(Cl)cc2)N[C@@H]1c1ccc(Cl)cc1. The second-order valence-electron chi connectivity index (χ2n) is 6.33. The van der Waals surface area contributed by atoms with Crippen molar-refractivity contribution in [3.8, 4) is 0 Å². The third kappa shape index (κ3) is 3.30. The molecule has 4 atom stereocenters. The smallest absolute Gasteiger partial charge is 0.0664 e. The minimum atomic E-state index is 0.0463. The molecule has 2 aromatic rings. The maximum Gasteiger partial charge on any atom is 0.0664 e. The average molecular weight is 363 g/mol. The Hall–Kier alpha value is -1.55. The summed E-state index contributed by atoms with van der Waals surface area (Å²) in [7, 11) is 0. The molecule has 2 aromatic carbocycles. The van der Waals surface area contributed by atoms with Crippen LogP contribution in [0.25, 0.3) is 0 Å². The van der Waals surface area contributed by atoms with Crippen molar-refractivity contribution in [1.29, 1.82) is 0 Å². The lowest BCUT2D eigenvalue weighted by molar-refractivity contribution is 0.271. The zero-order valence-electron chi connectivity index (χ0n) is 13.6. The predicted molar refractivity (Wildman–Crippen MR) is 99.1 cm³/mol. The second-order valence-corrected chi connectivity index (χ2v) is 7.20. The van der Waals surface area contributed by atoms with Crippen molar-refractivity contribution in [2.45, 2.75) is 25.9 Å². The summed E-state index contributed by atoms with van der Waals surface area (Å²) < 4.78 is 0. The quantitative estimate of drug-likeness (QED) is 0.548. The molecule has 0 aromatic heterocycles. The van der Waals surface area contributed by atoms with E-state index in [9.17, 15) is 5.21 Å². The Labute approximate surface area is 152 Å². The van der Waals surface area contributed by atoms with Crippen LogP contribution in [0.3, 0.4) is 0 Å². The van der Waals surface area contributed by atoms with Crippen LogP contribution in [0, 0.1) is 11.8 Å². The van der Waals surface area contributed by atoms with Gasteiger partial charge in [0.2, 0.25) is 0 Å². The van der Waals surface area contributed by atoms with Crippen molar-refractivity contribution < 1.29 is 5.21 Å². The first-order valence-corrected chi connectivity index (χ1v) is 8.75. The highest BCUT2D eigenvalue weighted by atomic mass is 35.5. The van der Waals surface area contributed by atoms with E-state index >= 15 is 0 Å². The molecule has 1 saturated heterocycles. The lowest BCUT2D eigenvalue weighted by Crippen LogP contribution is -2.46. The Balaban J connectivity index is 1.98. The van der Waals surface area contributed by atoms with Crippen LogP contribution in [0.5, 0.6) is 0 Å². The first-order chi connectivity index (χ1) is 11.5. The Bertz CT molecular complexity index is 669. The van der Waals surface area contributed by atoms with Crippen LogP contribution in [-0.2, 0) is 0 Å². The maximum absolute atomic E-state index is 9.57. The largest absolute Gasteiger partial charge is 0.411 e. The standard InChI is InChI=1S/C19H20Cl2N2O/c1-11-17(23-24)12(2)19(14-5-9-16(21)10-6-14)22-18(11)13-3-7-15(20)8-4-13/h3-12,18-19,22,24H,1-2H3/t11-,12-,18-,19-/m0/s1. The summed E-state index contributed by atoms with van der Waals surface area (Å²) in [5, 5.41) is 18.3. The van der Waals surface area contributed by atoms with Crippen LogP contribution in [-0.4, -0.2) is 10.9 Å². The van der Waals surface area contributed by atoms with Crippen LogP contribution in [0.15, 0.2) is 53.7 Å². The molecule has 0 amide bonds. The topological polar surface area (TPSA) is 44.6 Å². The van der Waals surface area contributed by atoms with Crippen LogP contribution < -0.4 is 5.32 Å². The number of hydrogen-bond acceptors (Lipinski definition) is 3. The van der Waals surface area contributed by atoms with Gasteiger partial charge in [-0.15, -0.1) is 0 Å². The van der Waals surface area contributed by atoms with Gasteiger partial charge >= 0.3 is 0 Å². The second kappa shape index (κ2) is 7.14. The fourth-order valence-corrected chi connectivity index (χ4v) is 3.78. The molecule has 0 bridgehead atoms. The van der Waals surface area contributed by atoms with Crippen molar-refractivity contribution in [3.63, 3.8) is 0 Å². The van der Waals surface area contributed by atoms with Crippen LogP contribution in [0.4, 0.5) is 0 Å². The molecule has 0 unspecified atom stereocenters. The fourth-order valence-electron chi connectivity index (χ4n) is 3.53. The normalized spacial score (nSPS) is 27.1. The molecule has 1 fully saturated rings. The number of nitrogens with one attached hydrogen (secondary N) is 1. The summed E-state index contributed by atoms with van der Waals surface area (Å²) in [6.07, 6.45) is 0. The Morgan fingerprint density at radius 1 is 0.792 bits per heavy atom. The van der Waals surface area contributed by atoms with Gasteiger partial charge < -0.3 is 10.5 Å². The number of benzene rings is 2. The molecule has 3 nitrogen and oxygen atoms in total. The van der Waals surface area contributed by atoms with Gasteiger partial charge in [-0.05, 0) is 35.4 Å². The number of rotatable bonds is 2. The Kier molecular flexibility index (Phi) is 5.14. The lowest BCUT2D eigenvalue weighted by Gasteiger charge is -2.41. The minimum absolute atomic E-state index is 0.0463. The molecule has 24 heavy (non-hydrogen) atoms. The van der Waals surface area contributed by atoms with Gasteiger partial charge in [-0.1, -0.05) is 66.5 Å². The van der Waals surface area contributed by atoms with E-state index in [1.807, 2.05) is 48.5 Å². The number of oxime groups is 1. The van der Waals surface area contributed by atoms with E-state index in [2.05, 4.69) is 24.3 Å². The molecule has 1 heterocycles. The van der Waals surface area contributed by atoms with Gasteiger partial charge in [0.15, 0.2) is 0 Å². The van der Waals surface area contributed by atoms with Crippen LogP contribution in [0.1, 0.15) is 37.1 Å². The molecule has 1 aliphatic rings. The van der Waals surface area contributed by atoms with Gasteiger partial charge in [-0.25, -0.2) is 0 Å². The molecule has 2 N–H and O–H groups in total. The highest BCUT2D eigenvalue weighted by Gasteiger charge is 2.39. The molecule has 0 aliphatic carbocycles. The van der Waals surface area contributed by atoms with Crippen LogP contribution in [0.2, 0.25) is 10.0 Å². The molecule has 0 spiro atoms. The zero-order chi connectivity index (χ0) is 17.3. The Morgan fingerprint density at radius 3 is 1.50 bits per heavy atom. The van der Waals surface area contributed by atoms with E-state index in [0.29, 0.717) is 10.0 Å². The molecular formula is C19H20Cl2N2O. The summed E-state index contributed by atoms with van der Waals surface area (Å²) in [6.45, 7) is 4.16. The van der Waals surface area contributed by atoms with Crippen molar-refractivity contribution in [3.05, 3.63) is 69.7 Å². The number of piperidine rings is 1. The fraction of sp³-hybridized carbons (Fsp3) is 0.316. The zero-order valence-corrected chi connectivity index (χ0v) is 15.1. The van der Waals surface area contributed by atoms with Crippen molar-refractivity contribution in [2.75, 3.05) is 0 Å². The first kappa shape index (κ1) is 17.3. The van der Waals surface area contributed by atoms with Crippen molar-refractivity contribution in [1.82, 2.24) is 5.32 Å². The number of nitrogens with zero attached hydrogens (tertiary/aromatic N) is 1. The van der Waals surface area contributed by atoms with Gasteiger partial charge in [0.05, 0.1) is 5.71 Å². The lowest BCUT2D eigenvalue weighted by atomic mass is 9.75. The summed E-state index contributed by atoms with van der Waals surface area (Å²) in [5.41, 5.74) is 3.05. The van der Waals surface area contributed by atoms with E-state index < -0.39 is 0 Å². The minimum Gasteiger partial charge on any atom is -0.411 e. The summed E-state index contributed by atoms with van der Waals surface area (Å²) in [5.74, 6) is 0.157. The molecule has 0 saturated carbocycles. The third-order valence-electron chi connectivity index (χ3n) is 4.87. The predicted octanol–water partition coefficient (Wildman–Crippen LogP) is 5.48. The third-order valence-corrected chi connectivity index (χ3v) is 5.37. The maximum atomic E-state index is 9.57. The van der Waals surface area contributed by atoms with Gasteiger partial charge in [0.1, 0.15) is 0 Å². The summed E-state index contributed by atoms with van der Waals surface area (Å²) in [6, 6.07) is 15.7. The number of halogens is 2. The molecule has 0 radical (unpaired) electrons. The Morgan fingerprint density at radius 2 is 1.17 bits per heavy atom. The van der Waals surface area contributed by atoms with Gasteiger partial charge in [-0.2, -0.15) is 0 Å². The molecule has 3 rings (SSSR count). The van der Waals surface area contributed by atoms with Crippen molar-refractivity contribution >= 4 is 28.9 Å². The first-order valence-electron chi connectivity index (χ1n) is 8.00. The molecule has 1 aliphatic heterocycles. The monoisotopic (exact) mass is 362 g/mol. The highest BCUT2D eigenvalue weighted by Crippen LogP contribution is 2.39. The van der Waals surface area contributed by atoms with E-state index in [1.165, 1.54) is 0 Å².